The number of aliphatic hydroxyl groups excluding tert-OH is 1. The second-order valence-corrected chi connectivity index (χ2v) is 9.95. The Kier molecular flexibility index (Phi) is 6.59. The van der Waals surface area contributed by atoms with E-state index in [1.54, 1.807) is 23.4 Å². The van der Waals surface area contributed by atoms with Crippen molar-refractivity contribution in [3.63, 3.8) is 0 Å². The highest BCUT2D eigenvalue weighted by molar-refractivity contribution is 6.04. The van der Waals surface area contributed by atoms with Crippen molar-refractivity contribution in [3.05, 3.63) is 54.0 Å². The fourth-order valence-corrected chi connectivity index (χ4v) is 5.27. The number of aliphatic hydroxyl groups is 1. The summed E-state index contributed by atoms with van der Waals surface area (Å²) in [4.78, 5) is 38.5. The van der Waals surface area contributed by atoms with Crippen LogP contribution in [0.5, 0.6) is 0 Å². The number of pyridine rings is 2. The molecule has 9 nitrogen and oxygen atoms in total. The number of rotatable bonds is 5. The molecule has 1 amide bonds. The van der Waals surface area contributed by atoms with Crippen LogP contribution in [0.1, 0.15) is 42.2 Å². The number of carbonyl (C=O) groups is 2. The summed E-state index contributed by atoms with van der Waals surface area (Å²) in [5, 5.41) is 11.1. The first-order valence-electron chi connectivity index (χ1n) is 12.5. The van der Waals surface area contributed by atoms with Gasteiger partial charge in [-0.2, -0.15) is 0 Å². The number of anilines is 3. The van der Waals surface area contributed by atoms with E-state index in [1.165, 1.54) is 0 Å². The normalized spacial score (nSPS) is 22.8. The Hall–Kier alpha value is -3.56. The molecule has 5 N–H and O–H groups in total. The number of carbonyl (C=O) groups excluding carboxylic acids is 2. The van der Waals surface area contributed by atoms with Crippen molar-refractivity contribution in [1.82, 2.24) is 9.97 Å². The van der Waals surface area contributed by atoms with Gasteiger partial charge in [-0.3, -0.25) is 14.6 Å². The van der Waals surface area contributed by atoms with Crippen molar-refractivity contribution >= 4 is 39.7 Å². The van der Waals surface area contributed by atoms with E-state index in [2.05, 4.69) is 14.9 Å². The van der Waals surface area contributed by atoms with Gasteiger partial charge in [-0.25, -0.2) is 4.98 Å². The molecule has 2 aromatic heterocycles. The average molecular weight is 489 g/mol. The van der Waals surface area contributed by atoms with Crippen LogP contribution in [0.4, 0.5) is 17.1 Å². The molecule has 0 radical (unpaired) electrons. The molecule has 0 bridgehead atoms. The first-order valence-corrected chi connectivity index (χ1v) is 12.5. The second-order valence-electron chi connectivity index (χ2n) is 9.95. The number of hydrogen-bond donors (Lipinski definition) is 3. The van der Waals surface area contributed by atoms with Gasteiger partial charge in [0, 0.05) is 79.2 Å². The first-order chi connectivity index (χ1) is 17.3. The van der Waals surface area contributed by atoms with Crippen LogP contribution in [-0.4, -0.2) is 58.5 Å². The minimum atomic E-state index is -0.556. The van der Waals surface area contributed by atoms with E-state index in [0.717, 1.165) is 35.2 Å². The quantitative estimate of drug-likeness (QED) is 0.465. The van der Waals surface area contributed by atoms with Gasteiger partial charge in [0.25, 0.3) is 0 Å². The number of nitrogens with zero attached hydrogens (tertiary/aromatic N) is 4. The van der Waals surface area contributed by atoms with Gasteiger partial charge in [-0.05, 0) is 37.1 Å². The Bertz CT molecular complexity index is 1300. The van der Waals surface area contributed by atoms with Gasteiger partial charge in [0.2, 0.25) is 5.91 Å². The minimum Gasteiger partial charge on any atom is -0.397 e. The fourth-order valence-electron chi connectivity index (χ4n) is 5.27. The molecule has 3 aromatic rings. The lowest BCUT2D eigenvalue weighted by Crippen LogP contribution is -2.55. The predicted molar refractivity (Wildman–Crippen MR) is 140 cm³/mol. The number of ketones is 1. The monoisotopic (exact) mass is 488 g/mol. The predicted octanol–water partition coefficient (Wildman–Crippen LogP) is 2.30. The molecule has 36 heavy (non-hydrogen) atoms. The van der Waals surface area contributed by atoms with Crippen molar-refractivity contribution in [2.24, 2.45) is 11.7 Å². The number of nitrogens with two attached hydrogens (primary N) is 2. The molecule has 0 saturated carbocycles. The molecule has 2 aliphatic heterocycles. The van der Waals surface area contributed by atoms with Gasteiger partial charge in [-0.15, -0.1) is 0 Å². The summed E-state index contributed by atoms with van der Waals surface area (Å²) in [6.07, 6.45) is 5.33. The number of hydrogen-bond acceptors (Lipinski definition) is 8. The summed E-state index contributed by atoms with van der Waals surface area (Å²) in [5.41, 5.74) is 16.0. The van der Waals surface area contributed by atoms with Gasteiger partial charge < -0.3 is 26.4 Å². The Morgan fingerprint density at radius 1 is 1.19 bits per heavy atom. The maximum Gasteiger partial charge on any atom is 0.226 e. The maximum absolute atomic E-state index is 13.4. The molecular formula is C27H32N6O3. The summed E-state index contributed by atoms with van der Waals surface area (Å²) in [6.45, 7) is 3.78. The first kappa shape index (κ1) is 24.1. The van der Waals surface area contributed by atoms with E-state index in [1.807, 2.05) is 31.2 Å². The van der Waals surface area contributed by atoms with Crippen molar-refractivity contribution in [1.29, 1.82) is 0 Å². The minimum absolute atomic E-state index is 0.00393. The molecule has 0 aliphatic carbocycles. The summed E-state index contributed by atoms with van der Waals surface area (Å²) in [7, 11) is 0. The Morgan fingerprint density at radius 3 is 2.81 bits per heavy atom. The van der Waals surface area contributed by atoms with Crippen LogP contribution in [0.15, 0.2) is 42.7 Å². The highest BCUT2D eigenvalue weighted by atomic mass is 16.3. The number of fused-ring (bicyclic) bond motifs is 1. The molecule has 2 saturated heterocycles. The van der Waals surface area contributed by atoms with E-state index in [4.69, 9.17) is 11.5 Å². The number of nitrogen functional groups attached to an aromatic ring is 1. The van der Waals surface area contributed by atoms with Gasteiger partial charge >= 0.3 is 0 Å². The van der Waals surface area contributed by atoms with E-state index in [9.17, 15) is 14.7 Å². The summed E-state index contributed by atoms with van der Waals surface area (Å²) in [6, 6.07) is 8.90. The molecule has 188 valence electrons. The largest absolute Gasteiger partial charge is 0.397 e. The number of amides is 1. The molecule has 9 heteroatoms. The highest BCUT2D eigenvalue weighted by Gasteiger charge is 2.32. The second kappa shape index (κ2) is 9.83. The molecule has 0 spiro atoms. The topological polar surface area (TPSA) is 139 Å². The number of Topliss-reactive ketones (excluding diaryl/α,β-unsaturated/α-hetero) is 1. The molecule has 0 unspecified atom stereocenters. The Balaban J connectivity index is 1.42. The number of piperidine rings is 2. The van der Waals surface area contributed by atoms with Gasteiger partial charge in [-0.1, -0.05) is 13.0 Å². The summed E-state index contributed by atoms with van der Waals surface area (Å²) >= 11 is 0. The Morgan fingerprint density at radius 2 is 2.03 bits per heavy atom. The Labute approximate surface area is 210 Å². The molecular weight excluding hydrogens is 456 g/mol. The van der Waals surface area contributed by atoms with Crippen LogP contribution in [0.3, 0.4) is 0 Å². The van der Waals surface area contributed by atoms with E-state index in [0.29, 0.717) is 37.3 Å². The lowest BCUT2D eigenvalue weighted by atomic mass is 9.92. The summed E-state index contributed by atoms with van der Waals surface area (Å²) in [5.74, 6) is -0.0996. The van der Waals surface area contributed by atoms with Crippen LogP contribution in [0.25, 0.3) is 10.9 Å². The smallest absolute Gasteiger partial charge is 0.226 e. The zero-order chi connectivity index (χ0) is 25.4. The lowest BCUT2D eigenvalue weighted by molar-refractivity contribution is -0.119. The SMILES string of the molecule is C[C@H]1CN(c2ccncc2CC(=O)c2nc3cc(N4CCCCC4=O)ccc3cc2N)C[C@@H](N)[C@@H]1O. The van der Waals surface area contributed by atoms with Crippen LogP contribution >= 0.6 is 0 Å². The van der Waals surface area contributed by atoms with Gasteiger partial charge in [0.1, 0.15) is 5.69 Å². The third-order valence-corrected chi connectivity index (χ3v) is 7.26. The van der Waals surface area contributed by atoms with Crippen molar-refractivity contribution in [2.75, 3.05) is 35.2 Å². The number of aromatic nitrogens is 2. The van der Waals surface area contributed by atoms with E-state index in [-0.39, 0.29) is 35.8 Å². The lowest BCUT2D eigenvalue weighted by Gasteiger charge is -2.40. The third-order valence-electron chi connectivity index (χ3n) is 7.26. The van der Waals surface area contributed by atoms with Crippen molar-refractivity contribution < 1.29 is 14.7 Å². The van der Waals surface area contributed by atoms with Crippen LogP contribution in [0, 0.1) is 5.92 Å². The van der Waals surface area contributed by atoms with Crippen LogP contribution < -0.4 is 21.3 Å². The third kappa shape index (κ3) is 4.64. The average Bonchev–Trinajstić information content (AvgIpc) is 2.87. The molecule has 2 aliphatic rings. The van der Waals surface area contributed by atoms with E-state index < -0.39 is 6.10 Å². The number of benzene rings is 1. The van der Waals surface area contributed by atoms with Gasteiger partial charge in [0.15, 0.2) is 5.78 Å². The molecule has 3 atom stereocenters. The zero-order valence-corrected chi connectivity index (χ0v) is 20.4. The van der Waals surface area contributed by atoms with Crippen molar-refractivity contribution in [3.8, 4) is 0 Å². The van der Waals surface area contributed by atoms with Crippen LogP contribution in [-0.2, 0) is 11.2 Å². The molecule has 4 heterocycles. The van der Waals surface area contributed by atoms with Crippen LogP contribution in [0.2, 0.25) is 0 Å². The van der Waals surface area contributed by atoms with Crippen molar-refractivity contribution in [2.45, 2.75) is 44.8 Å². The standard InChI is InChI=1S/C27H32N6O3/c1-16-14-32(15-21(29)27(16)36)23-7-8-30-13-18(23)11-24(34)26-20(28)10-17-5-6-19(12-22(17)31-26)33-9-3-2-4-25(33)35/h5-8,10,12-13,16,21,27,36H,2-4,9,11,14-15,28-29H2,1H3/t16-,21+,27+/m0/s1. The van der Waals surface area contributed by atoms with Gasteiger partial charge in [0.05, 0.1) is 17.3 Å². The fraction of sp³-hybridized carbons (Fsp3) is 0.407. The molecule has 1 aromatic carbocycles. The van der Waals surface area contributed by atoms with E-state index >= 15 is 0 Å². The highest BCUT2D eigenvalue weighted by Crippen LogP contribution is 2.29. The zero-order valence-electron chi connectivity index (χ0n) is 20.4. The summed E-state index contributed by atoms with van der Waals surface area (Å²) < 4.78 is 0. The molecule has 2 fully saturated rings. The maximum atomic E-state index is 13.4. The molecule has 5 rings (SSSR count).